The molecular weight excluding hydrogens is 472 g/mol. The molecule has 0 aliphatic rings. The maximum Gasteiger partial charge on any atom is 0.269 e. The van der Waals surface area contributed by atoms with Gasteiger partial charge in [-0.25, -0.2) is 13.1 Å². The minimum absolute atomic E-state index is 0.0184. The summed E-state index contributed by atoms with van der Waals surface area (Å²) >= 11 is 0. The van der Waals surface area contributed by atoms with Crippen molar-refractivity contribution >= 4 is 27.7 Å². The molecule has 4 N–H and O–H groups in total. The van der Waals surface area contributed by atoms with Gasteiger partial charge in [0.25, 0.3) is 27.7 Å². The van der Waals surface area contributed by atoms with Gasteiger partial charge < -0.3 is 15.7 Å². The summed E-state index contributed by atoms with van der Waals surface area (Å²) in [6.45, 7) is 0.126. The van der Waals surface area contributed by atoms with Crippen LogP contribution in [0.2, 0.25) is 0 Å². The summed E-state index contributed by atoms with van der Waals surface area (Å²) in [5, 5.41) is 13.9. The normalized spacial score (nSPS) is 10.9. The Morgan fingerprint density at radius 3 is 2.23 bits per heavy atom. The van der Waals surface area contributed by atoms with E-state index in [0.717, 1.165) is 6.20 Å². The molecule has 10 nitrogen and oxygen atoms in total. The van der Waals surface area contributed by atoms with Gasteiger partial charge in [-0.1, -0.05) is 30.3 Å². The molecule has 0 aliphatic carbocycles. The molecule has 0 radical (unpaired) electrons. The number of hydrogen-bond acceptors (Lipinski definition) is 7. The molecule has 0 saturated heterocycles. The third-order valence-corrected chi connectivity index (χ3v) is 6.16. The smallest absolute Gasteiger partial charge is 0.269 e. The van der Waals surface area contributed by atoms with Crippen LogP contribution in [0.15, 0.2) is 77.8 Å². The Morgan fingerprint density at radius 1 is 0.800 bits per heavy atom. The molecular formula is C24H24N4O6S. The number of carbonyl (C=O) groups is 3. The van der Waals surface area contributed by atoms with Crippen LogP contribution in [0, 0.1) is 0 Å². The van der Waals surface area contributed by atoms with Gasteiger partial charge in [0.05, 0.1) is 17.1 Å². The first-order valence-electron chi connectivity index (χ1n) is 10.6. The second-order valence-corrected chi connectivity index (χ2v) is 9.05. The minimum atomic E-state index is -4.17. The molecule has 0 fully saturated rings. The van der Waals surface area contributed by atoms with Gasteiger partial charge >= 0.3 is 0 Å². The standard InChI is InChI=1S/C24H24N4O6S/c29-14-13-26-24(32)21-10-9-19(16-27-21)23(31)28-35(33,34)20-8-4-5-17(15-20)11-12-25-22(30)18-6-2-1-3-7-18/h1-10,15-16,29H,11-14H2,(H,25,30)(H,26,32)(H,28,31). The van der Waals surface area contributed by atoms with Gasteiger partial charge in [-0.05, 0) is 48.4 Å². The Labute approximate surface area is 202 Å². The van der Waals surface area contributed by atoms with E-state index in [-0.39, 0.29) is 35.2 Å². The van der Waals surface area contributed by atoms with Gasteiger partial charge in [-0.3, -0.25) is 19.4 Å². The number of carbonyl (C=O) groups excluding carboxylic acids is 3. The van der Waals surface area contributed by atoms with Gasteiger partial charge in [0.1, 0.15) is 5.69 Å². The molecule has 3 aromatic rings. The van der Waals surface area contributed by atoms with E-state index in [9.17, 15) is 22.8 Å². The Balaban J connectivity index is 1.60. The second kappa shape index (κ2) is 11.9. The number of nitrogens with one attached hydrogen (secondary N) is 3. The lowest BCUT2D eigenvalue weighted by molar-refractivity contribution is 0.0934. The molecule has 35 heavy (non-hydrogen) atoms. The lowest BCUT2D eigenvalue weighted by atomic mass is 10.1. The first-order chi connectivity index (χ1) is 16.8. The van der Waals surface area contributed by atoms with Crippen LogP contribution in [0.4, 0.5) is 0 Å². The fraction of sp³-hybridized carbons (Fsp3) is 0.167. The molecule has 11 heteroatoms. The predicted octanol–water partition coefficient (Wildman–Crippen LogP) is 0.895. The Kier molecular flexibility index (Phi) is 8.65. The maximum absolute atomic E-state index is 12.7. The van der Waals surface area contributed by atoms with Crippen LogP contribution in [0.25, 0.3) is 0 Å². The first kappa shape index (κ1) is 25.5. The van der Waals surface area contributed by atoms with Crippen molar-refractivity contribution in [2.45, 2.75) is 11.3 Å². The molecule has 0 bridgehead atoms. The zero-order valence-corrected chi connectivity index (χ0v) is 19.4. The lowest BCUT2D eigenvalue weighted by Crippen LogP contribution is -2.31. The molecule has 3 rings (SSSR count). The van der Waals surface area contributed by atoms with Crippen LogP contribution in [0.3, 0.4) is 0 Å². The van der Waals surface area contributed by atoms with Gasteiger partial charge in [-0.2, -0.15) is 0 Å². The van der Waals surface area contributed by atoms with E-state index < -0.39 is 21.8 Å². The van der Waals surface area contributed by atoms with E-state index in [2.05, 4.69) is 15.6 Å². The summed E-state index contributed by atoms with van der Waals surface area (Å²) in [5.41, 5.74) is 1.16. The monoisotopic (exact) mass is 496 g/mol. The highest BCUT2D eigenvalue weighted by molar-refractivity contribution is 7.90. The Bertz CT molecular complexity index is 1300. The van der Waals surface area contributed by atoms with E-state index in [0.29, 0.717) is 24.1 Å². The number of amides is 3. The van der Waals surface area contributed by atoms with Crippen molar-refractivity contribution in [3.05, 3.63) is 95.3 Å². The van der Waals surface area contributed by atoms with Crippen LogP contribution < -0.4 is 15.4 Å². The summed E-state index contributed by atoms with van der Waals surface area (Å²) in [4.78, 5) is 40.1. The zero-order valence-electron chi connectivity index (χ0n) is 18.6. The molecule has 182 valence electrons. The number of pyridine rings is 1. The van der Waals surface area contributed by atoms with Crippen LogP contribution in [-0.2, 0) is 16.4 Å². The predicted molar refractivity (Wildman–Crippen MR) is 127 cm³/mol. The highest BCUT2D eigenvalue weighted by Crippen LogP contribution is 2.13. The summed E-state index contributed by atoms with van der Waals surface area (Å²) in [7, 11) is -4.17. The maximum atomic E-state index is 12.7. The molecule has 3 amide bonds. The second-order valence-electron chi connectivity index (χ2n) is 7.37. The van der Waals surface area contributed by atoms with Gasteiger partial charge in [0.15, 0.2) is 0 Å². The molecule has 0 spiro atoms. The van der Waals surface area contributed by atoms with Gasteiger partial charge in [0, 0.05) is 24.8 Å². The van der Waals surface area contributed by atoms with Crippen molar-refractivity contribution in [1.82, 2.24) is 20.3 Å². The Morgan fingerprint density at radius 2 is 1.54 bits per heavy atom. The topological polar surface area (TPSA) is 155 Å². The zero-order chi connectivity index (χ0) is 25.3. The van der Waals surface area contributed by atoms with Crippen molar-refractivity contribution in [1.29, 1.82) is 0 Å². The fourth-order valence-corrected chi connectivity index (χ4v) is 4.09. The SMILES string of the molecule is O=C(NCCc1cccc(S(=O)(=O)NC(=O)c2ccc(C(=O)NCCO)nc2)c1)c1ccccc1. The summed E-state index contributed by atoms with van der Waals surface area (Å²) in [5.74, 6) is -1.66. The number of sulfonamides is 1. The van der Waals surface area contributed by atoms with Crippen molar-refractivity contribution in [3.63, 3.8) is 0 Å². The summed E-state index contributed by atoms with van der Waals surface area (Å²) < 4.78 is 27.4. The third-order valence-electron chi connectivity index (χ3n) is 4.83. The number of benzene rings is 2. The van der Waals surface area contributed by atoms with E-state index >= 15 is 0 Å². The summed E-state index contributed by atoms with van der Waals surface area (Å²) in [6.07, 6.45) is 1.48. The van der Waals surface area contributed by atoms with Crippen molar-refractivity contribution < 1.29 is 27.9 Å². The number of nitrogens with zero attached hydrogens (tertiary/aromatic N) is 1. The van der Waals surface area contributed by atoms with Gasteiger partial charge in [0.2, 0.25) is 0 Å². The highest BCUT2D eigenvalue weighted by Gasteiger charge is 2.20. The number of aromatic nitrogens is 1. The van der Waals surface area contributed by atoms with E-state index in [4.69, 9.17) is 5.11 Å². The third kappa shape index (κ3) is 7.19. The van der Waals surface area contributed by atoms with E-state index in [1.165, 1.54) is 24.3 Å². The molecule has 1 aromatic heterocycles. The fourth-order valence-electron chi connectivity index (χ4n) is 3.04. The molecule has 0 aliphatic heterocycles. The van der Waals surface area contributed by atoms with Crippen LogP contribution >= 0.6 is 0 Å². The quantitative estimate of drug-likeness (QED) is 0.325. The minimum Gasteiger partial charge on any atom is -0.395 e. The largest absolute Gasteiger partial charge is 0.395 e. The molecule has 0 atom stereocenters. The highest BCUT2D eigenvalue weighted by atomic mass is 32.2. The average Bonchev–Trinajstić information content (AvgIpc) is 2.87. The Hall–Kier alpha value is -4.09. The molecule has 0 saturated carbocycles. The first-order valence-corrected chi connectivity index (χ1v) is 12.1. The number of aliphatic hydroxyl groups is 1. The summed E-state index contributed by atoms with van der Waals surface area (Å²) in [6, 6.07) is 17.3. The van der Waals surface area contributed by atoms with E-state index in [1.807, 2.05) is 10.8 Å². The molecule has 1 heterocycles. The van der Waals surface area contributed by atoms with Gasteiger partial charge in [-0.15, -0.1) is 0 Å². The number of aliphatic hydroxyl groups excluding tert-OH is 1. The molecule has 0 unspecified atom stereocenters. The average molecular weight is 497 g/mol. The number of hydrogen-bond donors (Lipinski definition) is 4. The van der Waals surface area contributed by atoms with Crippen LogP contribution in [-0.4, -0.2) is 55.9 Å². The molecule has 2 aromatic carbocycles. The van der Waals surface area contributed by atoms with Crippen LogP contribution in [0.5, 0.6) is 0 Å². The van der Waals surface area contributed by atoms with Crippen molar-refractivity contribution in [2.24, 2.45) is 0 Å². The lowest BCUT2D eigenvalue weighted by Gasteiger charge is -2.10. The van der Waals surface area contributed by atoms with E-state index in [1.54, 1.807) is 36.4 Å². The number of rotatable bonds is 10. The van der Waals surface area contributed by atoms with Crippen molar-refractivity contribution in [3.8, 4) is 0 Å². The van der Waals surface area contributed by atoms with Crippen LogP contribution in [0.1, 0.15) is 36.8 Å². The van der Waals surface area contributed by atoms with Crippen molar-refractivity contribution in [2.75, 3.05) is 19.7 Å².